The molecule has 6 nitrogen and oxygen atoms in total. The first kappa shape index (κ1) is 26.2. The van der Waals surface area contributed by atoms with Gasteiger partial charge in [0, 0.05) is 34.1 Å². The minimum Gasteiger partial charge on any atom is -0.444 e. The maximum atomic E-state index is 13.2. The molecule has 5 rings (SSSR count). The van der Waals surface area contributed by atoms with E-state index in [1.807, 2.05) is 73.1 Å². The summed E-state index contributed by atoms with van der Waals surface area (Å²) in [4.78, 5) is 27.2. The zero-order valence-corrected chi connectivity index (χ0v) is 22.5. The third kappa shape index (κ3) is 6.34. The summed E-state index contributed by atoms with van der Waals surface area (Å²) >= 11 is 7.78. The molecule has 1 N–H and O–H groups in total. The van der Waals surface area contributed by atoms with Crippen LogP contribution in [-0.4, -0.2) is 21.7 Å². The number of hydrogen-bond donors (Lipinski definition) is 1. The fourth-order valence-corrected chi connectivity index (χ4v) is 4.83. The number of anilines is 1. The highest BCUT2D eigenvalue weighted by molar-refractivity contribution is 7.13. The van der Waals surface area contributed by atoms with Crippen molar-refractivity contribution in [3.05, 3.63) is 130 Å². The lowest BCUT2D eigenvalue weighted by Crippen LogP contribution is -2.25. The number of nitrogens with zero attached hydrogens (tertiary/aromatic N) is 2. The van der Waals surface area contributed by atoms with Crippen molar-refractivity contribution in [2.45, 2.75) is 13.0 Å². The summed E-state index contributed by atoms with van der Waals surface area (Å²) in [6, 6.07) is 27.8. The van der Waals surface area contributed by atoms with E-state index in [-0.39, 0.29) is 0 Å². The number of benzene rings is 3. The molecule has 0 spiro atoms. The van der Waals surface area contributed by atoms with Crippen LogP contribution in [0.2, 0.25) is 5.02 Å². The highest BCUT2D eigenvalue weighted by Gasteiger charge is 2.25. The van der Waals surface area contributed by atoms with Crippen molar-refractivity contribution >= 4 is 46.6 Å². The van der Waals surface area contributed by atoms with E-state index in [1.54, 1.807) is 58.5 Å². The molecule has 0 fully saturated rings. The van der Waals surface area contributed by atoms with Crippen molar-refractivity contribution in [2.24, 2.45) is 0 Å². The second-order valence-corrected chi connectivity index (χ2v) is 10.1. The minimum atomic E-state index is -1.16. The molecule has 39 heavy (non-hydrogen) atoms. The molecule has 3 aromatic carbocycles. The number of esters is 1. The summed E-state index contributed by atoms with van der Waals surface area (Å²) in [5.41, 5.74) is 4.33. The van der Waals surface area contributed by atoms with E-state index in [0.717, 1.165) is 27.4 Å². The van der Waals surface area contributed by atoms with Gasteiger partial charge in [0.1, 0.15) is 5.69 Å². The van der Waals surface area contributed by atoms with Gasteiger partial charge in [0.25, 0.3) is 5.91 Å². The molecule has 0 radical (unpaired) electrons. The SMILES string of the molecule is Cc1ccc(NC(=O)C(OC(=O)C=Cc2cn(-c3ccccc3)nc2-c2cccs2)c2ccccc2)cc1Cl. The van der Waals surface area contributed by atoms with Gasteiger partial charge in [0.2, 0.25) is 6.10 Å². The van der Waals surface area contributed by atoms with Crippen molar-refractivity contribution in [2.75, 3.05) is 5.32 Å². The van der Waals surface area contributed by atoms with Crippen molar-refractivity contribution in [3.63, 3.8) is 0 Å². The van der Waals surface area contributed by atoms with Gasteiger partial charge in [-0.25, -0.2) is 9.48 Å². The molecule has 0 saturated heterocycles. The lowest BCUT2D eigenvalue weighted by atomic mass is 10.1. The number of halogens is 1. The van der Waals surface area contributed by atoms with Crippen LogP contribution in [0.3, 0.4) is 0 Å². The van der Waals surface area contributed by atoms with Gasteiger partial charge in [-0.15, -0.1) is 11.3 Å². The Balaban J connectivity index is 1.39. The first-order chi connectivity index (χ1) is 19.0. The summed E-state index contributed by atoms with van der Waals surface area (Å²) < 4.78 is 7.44. The van der Waals surface area contributed by atoms with Crippen LogP contribution >= 0.6 is 22.9 Å². The Morgan fingerprint density at radius 2 is 1.74 bits per heavy atom. The fraction of sp³-hybridized carbons (Fsp3) is 0.0645. The molecule has 1 amide bonds. The Bertz CT molecular complexity index is 1610. The molecule has 0 aliphatic carbocycles. The molecule has 0 saturated carbocycles. The van der Waals surface area contributed by atoms with Gasteiger partial charge in [-0.1, -0.05) is 72.3 Å². The number of para-hydroxylation sites is 1. The van der Waals surface area contributed by atoms with E-state index in [1.165, 1.54) is 6.08 Å². The van der Waals surface area contributed by atoms with Gasteiger partial charge < -0.3 is 10.1 Å². The fourth-order valence-electron chi connectivity index (χ4n) is 3.92. The van der Waals surface area contributed by atoms with E-state index in [0.29, 0.717) is 16.3 Å². The Labute approximate surface area is 235 Å². The van der Waals surface area contributed by atoms with E-state index < -0.39 is 18.0 Å². The number of carbonyl (C=O) groups is 2. The van der Waals surface area contributed by atoms with Gasteiger partial charge in [-0.2, -0.15) is 5.10 Å². The number of amides is 1. The monoisotopic (exact) mass is 553 g/mol. The lowest BCUT2D eigenvalue weighted by Gasteiger charge is -2.17. The predicted molar refractivity (Wildman–Crippen MR) is 156 cm³/mol. The standard InChI is InChI=1S/C31H24ClN3O3S/c1-21-14-16-24(19-26(21)32)33-31(37)30(22-9-4-2-5-10-22)38-28(36)17-15-23-20-35(25-11-6-3-7-12-25)34-29(23)27-13-8-18-39-27/h2-20,30H,1H3,(H,33,37). The first-order valence-corrected chi connectivity index (χ1v) is 13.4. The molecular formula is C31H24ClN3O3S. The number of hydrogen-bond acceptors (Lipinski definition) is 5. The molecular weight excluding hydrogens is 530 g/mol. The summed E-state index contributed by atoms with van der Waals surface area (Å²) in [5, 5.41) is 10.1. The smallest absolute Gasteiger partial charge is 0.331 e. The minimum absolute atomic E-state index is 0.487. The van der Waals surface area contributed by atoms with Gasteiger partial charge in [-0.05, 0) is 54.3 Å². The third-order valence-electron chi connectivity index (χ3n) is 5.93. The number of ether oxygens (including phenoxy) is 1. The van der Waals surface area contributed by atoms with E-state index >= 15 is 0 Å². The number of carbonyl (C=O) groups excluding carboxylic acids is 2. The summed E-state index contributed by atoms with van der Waals surface area (Å²) in [5.74, 6) is -1.15. The van der Waals surface area contributed by atoms with Crippen molar-refractivity contribution in [3.8, 4) is 16.3 Å². The maximum absolute atomic E-state index is 13.2. The molecule has 1 unspecified atom stereocenters. The van der Waals surface area contributed by atoms with Gasteiger partial charge >= 0.3 is 5.97 Å². The molecule has 0 aliphatic heterocycles. The van der Waals surface area contributed by atoms with E-state index in [9.17, 15) is 9.59 Å². The summed E-state index contributed by atoms with van der Waals surface area (Å²) in [6.45, 7) is 1.88. The molecule has 2 heterocycles. The normalized spacial score (nSPS) is 11.8. The predicted octanol–water partition coefficient (Wildman–Crippen LogP) is 7.50. The van der Waals surface area contributed by atoms with E-state index in [4.69, 9.17) is 21.4 Å². The third-order valence-corrected chi connectivity index (χ3v) is 7.21. The summed E-state index contributed by atoms with van der Waals surface area (Å²) in [7, 11) is 0. The first-order valence-electron chi connectivity index (χ1n) is 12.2. The zero-order chi connectivity index (χ0) is 27.2. The van der Waals surface area contributed by atoms with Crippen LogP contribution in [-0.2, 0) is 14.3 Å². The average Bonchev–Trinajstić information content (AvgIpc) is 3.64. The Hall–Kier alpha value is -4.46. The number of nitrogens with one attached hydrogen (secondary N) is 1. The lowest BCUT2D eigenvalue weighted by molar-refractivity contribution is -0.149. The summed E-state index contributed by atoms with van der Waals surface area (Å²) in [6.07, 6.45) is 3.67. The topological polar surface area (TPSA) is 73.2 Å². The number of aromatic nitrogens is 2. The van der Waals surface area contributed by atoms with Gasteiger partial charge in [-0.3, -0.25) is 4.79 Å². The molecule has 0 bridgehead atoms. The van der Waals surface area contributed by atoms with Crippen molar-refractivity contribution in [1.82, 2.24) is 9.78 Å². The second-order valence-electron chi connectivity index (χ2n) is 8.70. The highest BCUT2D eigenvalue weighted by atomic mass is 35.5. The Morgan fingerprint density at radius 3 is 2.44 bits per heavy atom. The highest BCUT2D eigenvalue weighted by Crippen LogP contribution is 2.29. The largest absolute Gasteiger partial charge is 0.444 e. The molecule has 2 aromatic heterocycles. The molecule has 8 heteroatoms. The zero-order valence-electron chi connectivity index (χ0n) is 21.0. The number of thiophene rings is 1. The van der Waals surface area contributed by atoms with Gasteiger partial charge in [0.05, 0.1) is 10.6 Å². The van der Waals surface area contributed by atoms with Gasteiger partial charge in [0.15, 0.2) is 0 Å². The molecule has 194 valence electrons. The average molecular weight is 554 g/mol. The van der Waals surface area contributed by atoms with E-state index in [2.05, 4.69) is 5.32 Å². The molecule has 5 aromatic rings. The van der Waals surface area contributed by atoms with Crippen molar-refractivity contribution in [1.29, 1.82) is 0 Å². The second kappa shape index (κ2) is 11.9. The van der Waals surface area contributed by atoms with Crippen LogP contribution in [0.1, 0.15) is 22.8 Å². The van der Waals surface area contributed by atoms with Crippen molar-refractivity contribution < 1.29 is 14.3 Å². The maximum Gasteiger partial charge on any atom is 0.331 e. The van der Waals surface area contributed by atoms with Crippen LogP contribution in [0.25, 0.3) is 22.3 Å². The quantitative estimate of drug-likeness (QED) is 0.159. The number of rotatable bonds is 8. The molecule has 1 atom stereocenters. The Kier molecular flexibility index (Phi) is 8.01. The number of aryl methyl sites for hydroxylation is 1. The van der Waals surface area contributed by atoms with Crippen LogP contribution in [0.4, 0.5) is 5.69 Å². The van der Waals surface area contributed by atoms with Crippen LogP contribution in [0.5, 0.6) is 0 Å². The van der Waals surface area contributed by atoms with Crippen LogP contribution in [0.15, 0.2) is 109 Å². The van der Waals surface area contributed by atoms with Crippen LogP contribution < -0.4 is 5.32 Å². The van der Waals surface area contributed by atoms with Crippen LogP contribution in [0, 0.1) is 6.92 Å². The Morgan fingerprint density at radius 1 is 1.00 bits per heavy atom. The molecule has 0 aliphatic rings.